The molecule has 3 rings (SSSR count). The van der Waals surface area contributed by atoms with Crippen LogP contribution in [0.5, 0.6) is 0 Å². The van der Waals surface area contributed by atoms with Gasteiger partial charge < -0.3 is 10.2 Å². The van der Waals surface area contributed by atoms with E-state index in [1.54, 1.807) is 0 Å². The first kappa shape index (κ1) is 13.2. The summed E-state index contributed by atoms with van der Waals surface area (Å²) < 4.78 is 1.87. The van der Waals surface area contributed by atoms with Crippen molar-refractivity contribution in [1.29, 1.82) is 0 Å². The first-order valence-electron chi connectivity index (χ1n) is 7.16. The third kappa shape index (κ3) is 2.56. The number of hydrogen-bond donors (Lipinski definition) is 1. The van der Waals surface area contributed by atoms with E-state index in [4.69, 9.17) is 0 Å². The Kier molecular flexibility index (Phi) is 3.49. The van der Waals surface area contributed by atoms with Gasteiger partial charge in [0.05, 0.1) is 5.69 Å². The number of hydrogen-bond acceptors (Lipinski definition) is 3. The molecule has 0 bridgehead atoms. The van der Waals surface area contributed by atoms with Crippen LogP contribution in [0.4, 0.5) is 5.69 Å². The number of nitrogens with one attached hydrogen (secondary N) is 1. The Morgan fingerprint density at radius 3 is 2.85 bits per heavy atom. The minimum absolute atomic E-state index is 0.872. The van der Waals surface area contributed by atoms with Gasteiger partial charge in [0.15, 0.2) is 0 Å². The molecule has 1 aromatic carbocycles. The lowest BCUT2D eigenvalue weighted by Crippen LogP contribution is -2.13. The Hall–Kier alpha value is -1.81. The van der Waals surface area contributed by atoms with Crippen molar-refractivity contribution >= 4 is 5.69 Å². The Bertz CT molecular complexity index is 615. The summed E-state index contributed by atoms with van der Waals surface area (Å²) >= 11 is 0. The highest BCUT2D eigenvalue weighted by atomic mass is 15.2. The fourth-order valence-electron chi connectivity index (χ4n) is 2.89. The van der Waals surface area contributed by atoms with Gasteiger partial charge in [0, 0.05) is 51.2 Å². The highest BCUT2D eigenvalue weighted by Crippen LogP contribution is 2.27. The number of anilines is 1. The van der Waals surface area contributed by atoms with Crippen LogP contribution in [-0.2, 0) is 26.6 Å². The minimum atomic E-state index is 0.872. The van der Waals surface area contributed by atoms with E-state index in [-0.39, 0.29) is 0 Å². The van der Waals surface area contributed by atoms with E-state index in [9.17, 15) is 0 Å². The van der Waals surface area contributed by atoms with Gasteiger partial charge in [0.1, 0.15) is 0 Å². The lowest BCUT2D eigenvalue weighted by Gasteiger charge is -2.12. The zero-order chi connectivity index (χ0) is 14.1. The lowest BCUT2D eigenvalue weighted by atomic mass is 10.1. The molecule has 0 saturated heterocycles. The predicted octanol–water partition coefficient (Wildman–Crippen LogP) is 2.01. The summed E-state index contributed by atoms with van der Waals surface area (Å²) in [7, 11) is 4.13. The lowest BCUT2D eigenvalue weighted by molar-refractivity contribution is 0.689. The highest BCUT2D eigenvalue weighted by Gasteiger charge is 2.15. The van der Waals surface area contributed by atoms with E-state index < -0.39 is 0 Å². The van der Waals surface area contributed by atoms with Crippen LogP contribution < -0.4 is 10.2 Å². The van der Waals surface area contributed by atoms with Gasteiger partial charge in [-0.2, -0.15) is 5.10 Å². The van der Waals surface area contributed by atoms with Crippen molar-refractivity contribution in [3.05, 3.63) is 46.8 Å². The second-order valence-electron chi connectivity index (χ2n) is 5.65. The first-order valence-corrected chi connectivity index (χ1v) is 7.16. The van der Waals surface area contributed by atoms with Crippen LogP contribution in [0.15, 0.2) is 24.4 Å². The van der Waals surface area contributed by atoms with Gasteiger partial charge in [-0.25, -0.2) is 0 Å². The summed E-state index contributed by atoms with van der Waals surface area (Å²) in [5.74, 6) is 0. The molecule has 20 heavy (non-hydrogen) atoms. The number of nitrogens with zero attached hydrogens (tertiary/aromatic N) is 3. The van der Waals surface area contributed by atoms with E-state index in [2.05, 4.69) is 53.7 Å². The van der Waals surface area contributed by atoms with E-state index >= 15 is 0 Å². The van der Waals surface area contributed by atoms with E-state index in [1.165, 1.54) is 28.8 Å². The zero-order valence-electron chi connectivity index (χ0n) is 12.5. The first-order chi connectivity index (χ1) is 9.63. The molecule has 0 unspecified atom stereocenters. The molecule has 0 atom stereocenters. The second-order valence-corrected chi connectivity index (χ2v) is 5.65. The summed E-state index contributed by atoms with van der Waals surface area (Å²) in [6.45, 7) is 4.98. The molecule has 1 aliphatic rings. The molecule has 2 aromatic rings. The molecule has 0 aliphatic carbocycles. The summed E-state index contributed by atoms with van der Waals surface area (Å²) in [5, 5.41) is 7.87. The normalized spacial score (nSPS) is 13.8. The number of fused-ring (bicyclic) bond motifs is 1. The summed E-state index contributed by atoms with van der Waals surface area (Å²) in [6.07, 6.45) is 3.25. The molecule has 1 aliphatic heterocycles. The second kappa shape index (κ2) is 5.29. The Balaban J connectivity index is 1.60. The number of likely N-dealkylation sites (N-methyl/N-ethyl adjacent to an activating group) is 1. The van der Waals surface area contributed by atoms with Gasteiger partial charge in [-0.3, -0.25) is 4.68 Å². The van der Waals surface area contributed by atoms with Gasteiger partial charge in [-0.05, 0) is 30.5 Å². The molecule has 0 fully saturated rings. The summed E-state index contributed by atoms with van der Waals surface area (Å²) in [6, 6.07) is 6.81. The van der Waals surface area contributed by atoms with Gasteiger partial charge in [-0.15, -0.1) is 0 Å². The third-order valence-electron chi connectivity index (χ3n) is 4.03. The van der Waals surface area contributed by atoms with Crippen molar-refractivity contribution in [3.8, 4) is 0 Å². The van der Waals surface area contributed by atoms with Crippen LogP contribution >= 0.6 is 0 Å². The maximum atomic E-state index is 4.36. The zero-order valence-corrected chi connectivity index (χ0v) is 12.5. The molecule has 1 N–H and O–H groups in total. The quantitative estimate of drug-likeness (QED) is 0.922. The maximum absolute atomic E-state index is 4.36. The molecular weight excluding hydrogens is 248 g/mol. The molecule has 4 nitrogen and oxygen atoms in total. The van der Waals surface area contributed by atoms with Crippen molar-refractivity contribution in [1.82, 2.24) is 15.1 Å². The van der Waals surface area contributed by atoms with Crippen LogP contribution in [0.3, 0.4) is 0 Å². The average molecular weight is 270 g/mol. The molecular formula is C16H22N4. The molecule has 0 saturated carbocycles. The van der Waals surface area contributed by atoms with Crippen LogP contribution in [0.2, 0.25) is 0 Å². The van der Waals surface area contributed by atoms with Crippen LogP contribution in [-0.4, -0.2) is 23.4 Å². The third-order valence-corrected chi connectivity index (χ3v) is 4.03. The molecule has 2 heterocycles. The standard InChI is InChI=1S/C16H22N4/c1-12-15(11-20(3)18-12)10-17-9-13-4-5-16-14(8-13)6-7-19(16)2/h4-5,8,11,17H,6-7,9-10H2,1-3H3. The van der Waals surface area contributed by atoms with Crippen LogP contribution in [0.25, 0.3) is 0 Å². The van der Waals surface area contributed by atoms with Crippen molar-refractivity contribution in [2.45, 2.75) is 26.4 Å². The largest absolute Gasteiger partial charge is 0.374 e. The molecule has 0 radical (unpaired) electrons. The molecule has 4 heteroatoms. The Labute approximate surface area is 120 Å². The molecule has 0 amide bonds. The van der Waals surface area contributed by atoms with Crippen molar-refractivity contribution in [2.75, 3.05) is 18.5 Å². The fourth-order valence-corrected chi connectivity index (χ4v) is 2.89. The van der Waals surface area contributed by atoms with Crippen molar-refractivity contribution in [2.24, 2.45) is 7.05 Å². The van der Waals surface area contributed by atoms with E-state index in [0.717, 1.165) is 25.3 Å². The number of benzene rings is 1. The Morgan fingerprint density at radius 2 is 2.10 bits per heavy atom. The van der Waals surface area contributed by atoms with Gasteiger partial charge in [0.2, 0.25) is 0 Å². The molecule has 1 aromatic heterocycles. The van der Waals surface area contributed by atoms with Crippen molar-refractivity contribution in [3.63, 3.8) is 0 Å². The maximum Gasteiger partial charge on any atom is 0.0638 e. The Morgan fingerprint density at radius 1 is 1.25 bits per heavy atom. The van der Waals surface area contributed by atoms with Gasteiger partial charge >= 0.3 is 0 Å². The fraction of sp³-hybridized carbons (Fsp3) is 0.438. The number of aryl methyl sites for hydroxylation is 2. The summed E-state index contributed by atoms with van der Waals surface area (Å²) in [4.78, 5) is 2.32. The average Bonchev–Trinajstić information content (AvgIpc) is 2.93. The smallest absolute Gasteiger partial charge is 0.0638 e. The minimum Gasteiger partial charge on any atom is -0.374 e. The van der Waals surface area contributed by atoms with E-state index in [1.807, 2.05) is 11.7 Å². The van der Waals surface area contributed by atoms with Crippen LogP contribution in [0.1, 0.15) is 22.4 Å². The van der Waals surface area contributed by atoms with Gasteiger partial charge in [-0.1, -0.05) is 12.1 Å². The predicted molar refractivity (Wildman–Crippen MR) is 81.9 cm³/mol. The van der Waals surface area contributed by atoms with Crippen molar-refractivity contribution < 1.29 is 0 Å². The van der Waals surface area contributed by atoms with Gasteiger partial charge in [0.25, 0.3) is 0 Å². The summed E-state index contributed by atoms with van der Waals surface area (Å²) in [5.41, 5.74) is 6.60. The molecule has 106 valence electrons. The number of rotatable bonds is 4. The number of aromatic nitrogens is 2. The van der Waals surface area contributed by atoms with Crippen LogP contribution in [0, 0.1) is 6.92 Å². The topological polar surface area (TPSA) is 33.1 Å². The highest BCUT2D eigenvalue weighted by molar-refractivity contribution is 5.58. The monoisotopic (exact) mass is 270 g/mol. The SMILES string of the molecule is Cc1nn(C)cc1CNCc1ccc2c(c1)CCN2C. The molecule has 0 spiro atoms. The van der Waals surface area contributed by atoms with E-state index in [0.29, 0.717) is 0 Å².